The van der Waals surface area contributed by atoms with Crippen molar-refractivity contribution in [2.75, 3.05) is 10.6 Å². The molecule has 3 aromatic rings. The lowest BCUT2D eigenvalue weighted by Crippen LogP contribution is -2.16. The van der Waals surface area contributed by atoms with Crippen molar-refractivity contribution in [1.29, 1.82) is 0 Å². The second-order valence-corrected chi connectivity index (χ2v) is 6.22. The monoisotopic (exact) mass is 360 g/mol. The third-order valence-corrected chi connectivity index (χ3v) is 4.01. The summed E-state index contributed by atoms with van der Waals surface area (Å²) in [5.41, 5.74) is 3.28. The minimum absolute atomic E-state index is 0.0178. The highest BCUT2D eigenvalue weighted by molar-refractivity contribution is 6.03. The summed E-state index contributed by atoms with van der Waals surface area (Å²) in [6.07, 6.45) is 0. The summed E-state index contributed by atoms with van der Waals surface area (Å²) in [4.78, 5) is 32.7. The number of nitrogens with zero attached hydrogens (tertiary/aromatic N) is 2. The molecule has 2 aromatic carbocycles. The van der Waals surface area contributed by atoms with Crippen LogP contribution in [0.25, 0.3) is 0 Å². The van der Waals surface area contributed by atoms with E-state index in [1.165, 1.54) is 6.92 Å². The molecular formula is C21H20N4O2. The van der Waals surface area contributed by atoms with Crippen molar-refractivity contribution in [3.63, 3.8) is 0 Å². The maximum atomic E-state index is 12.6. The van der Waals surface area contributed by atoms with Crippen LogP contribution in [0.1, 0.15) is 39.2 Å². The lowest BCUT2D eigenvalue weighted by molar-refractivity contribution is 0.101. The maximum absolute atomic E-state index is 12.6. The number of anilines is 3. The van der Waals surface area contributed by atoms with Gasteiger partial charge in [-0.25, -0.2) is 9.97 Å². The molecule has 0 fully saturated rings. The number of Topliss-reactive ketones (excluding diaryl/α,β-unsaturated/α-hetero) is 1. The van der Waals surface area contributed by atoms with Crippen molar-refractivity contribution in [1.82, 2.24) is 9.97 Å². The van der Waals surface area contributed by atoms with E-state index in [9.17, 15) is 9.59 Å². The molecule has 6 nitrogen and oxygen atoms in total. The molecule has 2 N–H and O–H groups in total. The number of rotatable bonds is 5. The van der Waals surface area contributed by atoms with Crippen molar-refractivity contribution < 1.29 is 9.59 Å². The van der Waals surface area contributed by atoms with E-state index in [1.807, 2.05) is 37.3 Å². The zero-order valence-electron chi connectivity index (χ0n) is 15.4. The van der Waals surface area contributed by atoms with Gasteiger partial charge in [0.05, 0.1) is 0 Å². The minimum Gasteiger partial charge on any atom is -0.340 e. The Bertz CT molecular complexity index is 1010. The van der Waals surface area contributed by atoms with E-state index in [0.717, 1.165) is 11.3 Å². The molecular weight excluding hydrogens is 340 g/mol. The molecule has 0 radical (unpaired) electrons. The van der Waals surface area contributed by atoms with Crippen LogP contribution in [-0.2, 0) is 0 Å². The average molecular weight is 360 g/mol. The van der Waals surface area contributed by atoms with Gasteiger partial charge in [0.1, 0.15) is 17.3 Å². The van der Waals surface area contributed by atoms with Crippen LogP contribution in [-0.4, -0.2) is 21.7 Å². The lowest BCUT2D eigenvalue weighted by atomic mass is 10.1. The van der Waals surface area contributed by atoms with Gasteiger partial charge in [-0.15, -0.1) is 0 Å². The number of aromatic nitrogens is 2. The van der Waals surface area contributed by atoms with Gasteiger partial charge in [0.15, 0.2) is 5.78 Å². The smallest absolute Gasteiger partial charge is 0.274 e. The molecule has 27 heavy (non-hydrogen) atoms. The topological polar surface area (TPSA) is 84.0 Å². The highest BCUT2D eigenvalue weighted by Gasteiger charge is 2.12. The normalized spacial score (nSPS) is 10.3. The van der Waals surface area contributed by atoms with Crippen molar-refractivity contribution >= 4 is 28.9 Å². The van der Waals surface area contributed by atoms with E-state index in [4.69, 9.17) is 0 Å². The largest absolute Gasteiger partial charge is 0.340 e. The van der Waals surface area contributed by atoms with Gasteiger partial charge >= 0.3 is 0 Å². The van der Waals surface area contributed by atoms with E-state index in [0.29, 0.717) is 22.9 Å². The molecule has 0 unspecified atom stereocenters. The van der Waals surface area contributed by atoms with Crippen LogP contribution in [0.3, 0.4) is 0 Å². The number of carbonyl (C=O) groups is 2. The first-order chi connectivity index (χ1) is 12.9. The van der Waals surface area contributed by atoms with Crippen molar-refractivity contribution in [3.8, 4) is 0 Å². The number of ketones is 1. The molecule has 0 aliphatic heterocycles. The third kappa shape index (κ3) is 4.55. The second kappa shape index (κ2) is 7.78. The Balaban J connectivity index is 1.84. The molecule has 0 spiro atoms. The van der Waals surface area contributed by atoms with Gasteiger partial charge in [0.25, 0.3) is 5.91 Å². The van der Waals surface area contributed by atoms with Gasteiger partial charge in [-0.2, -0.15) is 0 Å². The summed E-state index contributed by atoms with van der Waals surface area (Å²) in [6.45, 7) is 5.17. The first kappa shape index (κ1) is 18.3. The number of nitrogens with one attached hydrogen (secondary N) is 2. The van der Waals surface area contributed by atoms with Gasteiger partial charge in [0.2, 0.25) is 0 Å². The van der Waals surface area contributed by atoms with Crippen molar-refractivity contribution in [3.05, 3.63) is 77.2 Å². The fourth-order valence-corrected chi connectivity index (χ4v) is 2.61. The summed E-state index contributed by atoms with van der Waals surface area (Å²) in [6, 6.07) is 16.2. The summed E-state index contributed by atoms with van der Waals surface area (Å²) >= 11 is 0. The van der Waals surface area contributed by atoms with Gasteiger partial charge in [-0.1, -0.05) is 30.3 Å². The lowest BCUT2D eigenvalue weighted by Gasteiger charge is -2.11. The molecule has 136 valence electrons. The summed E-state index contributed by atoms with van der Waals surface area (Å²) in [5.74, 6) is 0.627. The van der Waals surface area contributed by atoms with Crippen LogP contribution in [0, 0.1) is 13.8 Å². The molecule has 1 heterocycles. The zero-order valence-corrected chi connectivity index (χ0v) is 15.4. The molecule has 0 atom stereocenters. The average Bonchev–Trinajstić information content (AvgIpc) is 2.63. The van der Waals surface area contributed by atoms with Crippen molar-refractivity contribution in [2.24, 2.45) is 0 Å². The molecule has 0 aliphatic carbocycles. The van der Waals surface area contributed by atoms with E-state index < -0.39 is 0 Å². The van der Waals surface area contributed by atoms with E-state index >= 15 is 0 Å². The van der Waals surface area contributed by atoms with Crippen LogP contribution in [0.5, 0.6) is 0 Å². The van der Waals surface area contributed by atoms with Crippen molar-refractivity contribution in [2.45, 2.75) is 20.8 Å². The molecule has 0 aliphatic rings. The number of hydrogen-bond donors (Lipinski definition) is 2. The molecule has 1 amide bonds. The summed E-state index contributed by atoms with van der Waals surface area (Å²) in [5, 5.41) is 5.99. The van der Waals surface area contributed by atoms with Gasteiger partial charge in [-0.05, 0) is 44.5 Å². The quantitative estimate of drug-likeness (QED) is 0.663. The standard InChI is InChI=1S/C21H20N4O2/c1-13-7-4-5-10-18(13)25-21(27)19-12-20(23-15(3)22-19)24-17-9-6-8-16(11-17)14(2)26/h4-12H,1-3H3,(H,25,27)(H,22,23,24). The Morgan fingerprint density at radius 3 is 2.44 bits per heavy atom. The summed E-state index contributed by atoms with van der Waals surface area (Å²) < 4.78 is 0. The SMILES string of the molecule is CC(=O)c1cccc(Nc2cc(C(=O)Nc3ccccc3C)nc(C)n2)c1. The van der Waals surface area contributed by atoms with Crippen LogP contribution in [0.15, 0.2) is 54.6 Å². The summed E-state index contributed by atoms with van der Waals surface area (Å²) in [7, 11) is 0. The Morgan fingerprint density at radius 1 is 0.926 bits per heavy atom. The number of para-hydroxylation sites is 1. The number of amides is 1. The third-order valence-electron chi connectivity index (χ3n) is 4.01. The van der Waals surface area contributed by atoms with Gasteiger partial charge in [-0.3, -0.25) is 9.59 Å². The van der Waals surface area contributed by atoms with Crippen LogP contribution < -0.4 is 10.6 Å². The minimum atomic E-state index is -0.310. The Kier molecular flexibility index (Phi) is 5.26. The molecule has 0 saturated heterocycles. The van der Waals surface area contributed by atoms with E-state index in [2.05, 4.69) is 20.6 Å². The molecule has 0 saturated carbocycles. The maximum Gasteiger partial charge on any atom is 0.274 e. The first-order valence-electron chi connectivity index (χ1n) is 8.53. The molecule has 0 bridgehead atoms. The predicted octanol–water partition coefficient (Wildman–Crippen LogP) is 4.29. The Labute approximate surface area is 157 Å². The number of hydrogen-bond acceptors (Lipinski definition) is 5. The van der Waals surface area contributed by atoms with Crippen LogP contribution in [0.4, 0.5) is 17.2 Å². The number of aryl methyl sites for hydroxylation is 2. The zero-order chi connectivity index (χ0) is 19.4. The highest BCUT2D eigenvalue weighted by Crippen LogP contribution is 2.19. The first-order valence-corrected chi connectivity index (χ1v) is 8.53. The Hall–Kier alpha value is -3.54. The highest BCUT2D eigenvalue weighted by atomic mass is 16.2. The van der Waals surface area contributed by atoms with Crippen LogP contribution in [0.2, 0.25) is 0 Å². The predicted molar refractivity (Wildman–Crippen MR) is 106 cm³/mol. The second-order valence-electron chi connectivity index (χ2n) is 6.22. The van der Waals surface area contributed by atoms with E-state index in [-0.39, 0.29) is 17.4 Å². The van der Waals surface area contributed by atoms with Gasteiger partial charge in [0, 0.05) is 23.0 Å². The molecule has 1 aromatic heterocycles. The molecule has 3 rings (SSSR count). The Morgan fingerprint density at radius 2 is 1.70 bits per heavy atom. The van der Waals surface area contributed by atoms with Crippen LogP contribution >= 0.6 is 0 Å². The molecule has 6 heteroatoms. The fraction of sp³-hybridized carbons (Fsp3) is 0.143. The fourth-order valence-electron chi connectivity index (χ4n) is 2.61. The van der Waals surface area contributed by atoms with Gasteiger partial charge < -0.3 is 10.6 Å². The number of benzene rings is 2. The number of carbonyl (C=O) groups excluding carboxylic acids is 2. The van der Waals surface area contributed by atoms with E-state index in [1.54, 1.807) is 31.2 Å².